The first-order chi connectivity index (χ1) is 9.28. The SMILES string of the molecule is CCOC(C)c1noc(-c2ccc3c(c2)CNC3)n1. The van der Waals surface area contributed by atoms with Gasteiger partial charge in [0.25, 0.3) is 5.89 Å². The number of fused-ring (bicyclic) bond motifs is 1. The summed E-state index contributed by atoms with van der Waals surface area (Å²) in [5.41, 5.74) is 3.60. The lowest BCUT2D eigenvalue weighted by atomic mass is 10.1. The third-order valence-corrected chi connectivity index (χ3v) is 3.31. The molecule has 0 fully saturated rings. The van der Waals surface area contributed by atoms with Crippen molar-refractivity contribution < 1.29 is 9.26 Å². The molecule has 1 unspecified atom stereocenters. The predicted octanol–water partition coefficient (Wildman–Crippen LogP) is 2.44. The number of nitrogens with zero attached hydrogens (tertiary/aromatic N) is 2. The van der Waals surface area contributed by atoms with Gasteiger partial charge in [-0.2, -0.15) is 4.98 Å². The number of ether oxygens (including phenoxy) is 1. The molecule has 0 amide bonds. The molecule has 5 nitrogen and oxygen atoms in total. The van der Waals surface area contributed by atoms with Crippen LogP contribution in [0.3, 0.4) is 0 Å². The molecule has 0 spiro atoms. The Morgan fingerprint density at radius 2 is 2.21 bits per heavy atom. The Bertz CT molecular complexity index is 580. The fraction of sp³-hybridized carbons (Fsp3) is 0.429. The van der Waals surface area contributed by atoms with Crippen molar-refractivity contribution in [3.05, 3.63) is 35.2 Å². The van der Waals surface area contributed by atoms with Gasteiger partial charge >= 0.3 is 0 Å². The molecule has 2 heterocycles. The number of nitrogens with one attached hydrogen (secondary N) is 1. The first-order valence-electron chi connectivity index (χ1n) is 6.56. The zero-order valence-electron chi connectivity index (χ0n) is 11.1. The molecule has 1 atom stereocenters. The van der Waals surface area contributed by atoms with Crippen LogP contribution in [0.5, 0.6) is 0 Å². The maximum Gasteiger partial charge on any atom is 0.258 e. The highest BCUT2D eigenvalue weighted by Crippen LogP contribution is 2.25. The maximum absolute atomic E-state index is 5.46. The Hall–Kier alpha value is -1.72. The van der Waals surface area contributed by atoms with Gasteiger partial charge in [0.05, 0.1) is 0 Å². The van der Waals surface area contributed by atoms with Crippen LogP contribution in [0.25, 0.3) is 11.5 Å². The normalized spacial score (nSPS) is 15.5. The molecule has 19 heavy (non-hydrogen) atoms. The van der Waals surface area contributed by atoms with Crippen LogP contribution in [0.2, 0.25) is 0 Å². The Morgan fingerprint density at radius 3 is 3.05 bits per heavy atom. The summed E-state index contributed by atoms with van der Waals surface area (Å²) in [6.07, 6.45) is -0.140. The van der Waals surface area contributed by atoms with Crippen LogP contribution < -0.4 is 5.32 Å². The minimum Gasteiger partial charge on any atom is -0.371 e. The molecular weight excluding hydrogens is 242 g/mol. The Morgan fingerprint density at radius 1 is 1.37 bits per heavy atom. The molecule has 0 aliphatic carbocycles. The first-order valence-corrected chi connectivity index (χ1v) is 6.56. The average molecular weight is 259 g/mol. The summed E-state index contributed by atoms with van der Waals surface area (Å²) in [5.74, 6) is 1.15. The molecule has 2 aromatic rings. The summed E-state index contributed by atoms with van der Waals surface area (Å²) in [6.45, 7) is 6.34. The van der Waals surface area contributed by atoms with Crippen LogP contribution in [0, 0.1) is 0 Å². The topological polar surface area (TPSA) is 60.2 Å². The van der Waals surface area contributed by atoms with E-state index in [1.54, 1.807) is 0 Å². The van der Waals surface area contributed by atoms with Crippen LogP contribution in [0.4, 0.5) is 0 Å². The van der Waals surface area contributed by atoms with Gasteiger partial charge in [-0.3, -0.25) is 0 Å². The molecule has 1 N–H and O–H groups in total. The molecule has 5 heteroatoms. The highest BCUT2D eigenvalue weighted by molar-refractivity contribution is 5.56. The predicted molar refractivity (Wildman–Crippen MR) is 70.3 cm³/mol. The largest absolute Gasteiger partial charge is 0.371 e. The lowest BCUT2D eigenvalue weighted by molar-refractivity contribution is 0.0683. The van der Waals surface area contributed by atoms with Gasteiger partial charge < -0.3 is 14.6 Å². The summed E-state index contributed by atoms with van der Waals surface area (Å²) in [6, 6.07) is 6.24. The van der Waals surface area contributed by atoms with E-state index < -0.39 is 0 Å². The van der Waals surface area contributed by atoms with E-state index in [2.05, 4.69) is 27.6 Å². The Balaban J connectivity index is 1.86. The van der Waals surface area contributed by atoms with E-state index in [0.717, 1.165) is 18.7 Å². The van der Waals surface area contributed by atoms with E-state index in [9.17, 15) is 0 Å². The third-order valence-electron chi connectivity index (χ3n) is 3.31. The van der Waals surface area contributed by atoms with Gasteiger partial charge in [-0.1, -0.05) is 11.2 Å². The van der Waals surface area contributed by atoms with E-state index in [1.165, 1.54) is 11.1 Å². The average Bonchev–Trinajstić information content (AvgIpc) is 3.07. The van der Waals surface area contributed by atoms with Crippen LogP contribution in [-0.2, 0) is 17.8 Å². The fourth-order valence-corrected chi connectivity index (χ4v) is 2.27. The van der Waals surface area contributed by atoms with Gasteiger partial charge in [-0.25, -0.2) is 0 Å². The van der Waals surface area contributed by atoms with Crippen molar-refractivity contribution in [3.63, 3.8) is 0 Å². The Labute approximate surface area is 112 Å². The van der Waals surface area contributed by atoms with Crippen molar-refractivity contribution in [2.45, 2.75) is 33.0 Å². The molecule has 1 aliphatic heterocycles. The van der Waals surface area contributed by atoms with Gasteiger partial charge in [0.2, 0.25) is 5.82 Å². The van der Waals surface area contributed by atoms with Crippen molar-refractivity contribution in [3.8, 4) is 11.5 Å². The standard InChI is InChI=1S/C14H17N3O2/c1-3-18-9(2)13-16-14(19-17-13)10-4-5-11-7-15-8-12(11)6-10/h4-6,9,15H,3,7-8H2,1-2H3. The lowest BCUT2D eigenvalue weighted by Crippen LogP contribution is -2.01. The van der Waals surface area contributed by atoms with Crippen LogP contribution in [0.15, 0.2) is 22.7 Å². The number of hydrogen-bond acceptors (Lipinski definition) is 5. The zero-order valence-corrected chi connectivity index (χ0v) is 11.1. The highest BCUT2D eigenvalue weighted by atomic mass is 16.5. The number of benzene rings is 1. The summed E-state index contributed by atoms with van der Waals surface area (Å²) >= 11 is 0. The van der Waals surface area contributed by atoms with Crippen molar-refractivity contribution in [1.82, 2.24) is 15.5 Å². The summed E-state index contributed by atoms with van der Waals surface area (Å²) in [4.78, 5) is 4.40. The van der Waals surface area contributed by atoms with Gasteiger partial charge in [-0.15, -0.1) is 0 Å². The second kappa shape index (κ2) is 5.11. The number of rotatable bonds is 4. The van der Waals surface area contributed by atoms with E-state index in [4.69, 9.17) is 9.26 Å². The van der Waals surface area contributed by atoms with Crippen molar-refractivity contribution in [2.24, 2.45) is 0 Å². The molecule has 3 rings (SSSR count). The van der Waals surface area contributed by atoms with E-state index in [0.29, 0.717) is 18.3 Å². The molecule has 0 bridgehead atoms. The van der Waals surface area contributed by atoms with Crippen molar-refractivity contribution in [1.29, 1.82) is 0 Å². The highest BCUT2D eigenvalue weighted by Gasteiger charge is 2.17. The van der Waals surface area contributed by atoms with Crippen LogP contribution >= 0.6 is 0 Å². The quantitative estimate of drug-likeness (QED) is 0.913. The number of hydrogen-bond donors (Lipinski definition) is 1. The van der Waals surface area contributed by atoms with Crippen LogP contribution in [0.1, 0.15) is 36.9 Å². The molecule has 0 saturated heterocycles. The monoisotopic (exact) mass is 259 g/mol. The van der Waals surface area contributed by atoms with Crippen LogP contribution in [-0.4, -0.2) is 16.7 Å². The Kier molecular flexibility index (Phi) is 3.31. The fourth-order valence-electron chi connectivity index (χ4n) is 2.27. The molecule has 1 aromatic heterocycles. The molecule has 100 valence electrons. The molecular formula is C14H17N3O2. The van der Waals surface area contributed by atoms with Gasteiger partial charge in [0, 0.05) is 25.3 Å². The van der Waals surface area contributed by atoms with E-state index in [-0.39, 0.29) is 6.10 Å². The summed E-state index contributed by atoms with van der Waals surface area (Å²) < 4.78 is 10.8. The number of aromatic nitrogens is 2. The smallest absolute Gasteiger partial charge is 0.258 e. The first kappa shape index (κ1) is 12.3. The molecule has 1 aliphatic rings. The minimum atomic E-state index is -0.140. The van der Waals surface area contributed by atoms with E-state index in [1.807, 2.05) is 19.9 Å². The van der Waals surface area contributed by atoms with E-state index >= 15 is 0 Å². The zero-order chi connectivity index (χ0) is 13.2. The third kappa shape index (κ3) is 2.39. The second-order valence-electron chi connectivity index (χ2n) is 4.64. The summed E-state index contributed by atoms with van der Waals surface area (Å²) in [5, 5.41) is 7.30. The molecule has 0 saturated carbocycles. The lowest BCUT2D eigenvalue weighted by Gasteiger charge is -2.04. The van der Waals surface area contributed by atoms with Gasteiger partial charge in [-0.05, 0) is 37.1 Å². The van der Waals surface area contributed by atoms with Crippen molar-refractivity contribution >= 4 is 0 Å². The van der Waals surface area contributed by atoms with Gasteiger partial charge in [0.15, 0.2) is 0 Å². The molecule has 0 radical (unpaired) electrons. The summed E-state index contributed by atoms with van der Waals surface area (Å²) in [7, 11) is 0. The maximum atomic E-state index is 5.46. The van der Waals surface area contributed by atoms with Gasteiger partial charge in [0.1, 0.15) is 6.10 Å². The second-order valence-corrected chi connectivity index (χ2v) is 4.64. The molecule has 1 aromatic carbocycles. The minimum absolute atomic E-state index is 0.140. The van der Waals surface area contributed by atoms with Crippen molar-refractivity contribution in [2.75, 3.05) is 6.61 Å².